The van der Waals surface area contributed by atoms with E-state index >= 15 is 0 Å². The van der Waals surface area contributed by atoms with Crippen LogP contribution in [0.1, 0.15) is 37.7 Å². The van der Waals surface area contributed by atoms with Crippen LogP contribution in [-0.4, -0.2) is 72.7 Å². The van der Waals surface area contributed by atoms with Crippen molar-refractivity contribution in [1.82, 2.24) is 4.90 Å². The van der Waals surface area contributed by atoms with Gasteiger partial charge in [0.05, 0.1) is 39.1 Å². The molecule has 1 aliphatic heterocycles. The molecule has 0 spiro atoms. The second kappa shape index (κ2) is 13.7. The van der Waals surface area contributed by atoms with Crippen molar-refractivity contribution >= 4 is 5.97 Å². The standard InChI is InChI=1S/C30H39NO6/c1-35-25-8-6-7-24(19-25)23-13-11-22(12-14-23)21-37-28-20-27(32)30(31-15-17-36-18-16-31)26(28)9-4-2-3-5-10-29(33)34/h2,4,6-8,11-14,19,26-28,30,32H,3,5,9-10,15-18,20-21H2,1H3,(H,33,34)/b4-2-/t26-,27-,28-,30+/m0/s1. The maximum absolute atomic E-state index is 11.0. The molecule has 0 amide bonds. The van der Waals surface area contributed by atoms with E-state index in [1.807, 2.05) is 18.2 Å². The van der Waals surface area contributed by atoms with E-state index in [1.54, 1.807) is 7.11 Å². The molecule has 1 aliphatic carbocycles. The average molecular weight is 510 g/mol. The highest BCUT2D eigenvalue weighted by Crippen LogP contribution is 2.36. The summed E-state index contributed by atoms with van der Waals surface area (Å²) < 4.78 is 17.3. The van der Waals surface area contributed by atoms with Gasteiger partial charge in [0.1, 0.15) is 5.75 Å². The van der Waals surface area contributed by atoms with E-state index in [2.05, 4.69) is 47.4 Å². The van der Waals surface area contributed by atoms with Crippen LogP contribution in [0, 0.1) is 5.92 Å². The first-order valence-corrected chi connectivity index (χ1v) is 13.3. The van der Waals surface area contributed by atoms with Crippen LogP contribution in [0.5, 0.6) is 5.75 Å². The van der Waals surface area contributed by atoms with Gasteiger partial charge >= 0.3 is 5.97 Å². The summed E-state index contributed by atoms with van der Waals surface area (Å²) in [7, 11) is 1.67. The molecule has 2 fully saturated rings. The number of carboxylic acid groups (broad SMARTS) is 1. The minimum Gasteiger partial charge on any atom is -0.497 e. The van der Waals surface area contributed by atoms with Crippen molar-refractivity contribution in [2.45, 2.75) is 57.0 Å². The zero-order valence-electron chi connectivity index (χ0n) is 21.6. The van der Waals surface area contributed by atoms with Crippen molar-refractivity contribution in [3.8, 4) is 16.9 Å². The molecule has 0 bridgehead atoms. The minimum absolute atomic E-state index is 0.0352. The summed E-state index contributed by atoms with van der Waals surface area (Å²) in [4.78, 5) is 13.1. The van der Waals surface area contributed by atoms with Crippen molar-refractivity contribution in [2.24, 2.45) is 5.92 Å². The number of hydrogen-bond donors (Lipinski definition) is 2. The van der Waals surface area contributed by atoms with Crippen LogP contribution in [0.2, 0.25) is 0 Å². The van der Waals surface area contributed by atoms with E-state index in [0.717, 1.165) is 48.4 Å². The predicted molar refractivity (Wildman–Crippen MR) is 143 cm³/mol. The number of ether oxygens (including phenoxy) is 3. The third kappa shape index (κ3) is 7.65. The molecule has 1 saturated carbocycles. The van der Waals surface area contributed by atoms with E-state index < -0.39 is 12.1 Å². The van der Waals surface area contributed by atoms with Gasteiger partial charge < -0.3 is 24.4 Å². The quantitative estimate of drug-likeness (QED) is 0.321. The molecule has 2 N–H and O–H groups in total. The highest BCUT2D eigenvalue weighted by atomic mass is 16.5. The maximum atomic E-state index is 11.0. The average Bonchev–Trinajstić information content (AvgIpc) is 3.24. The van der Waals surface area contributed by atoms with Gasteiger partial charge in [0, 0.05) is 37.9 Å². The molecule has 7 heteroatoms. The molecule has 0 aromatic heterocycles. The summed E-state index contributed by atoms with van der Waals surface area (Å²) in [6.07, 6.45) is 6.69. The molecule has 200 valence electrons. The molecular formula is C30H39NO6. The Morgan fingerprint density at radius 3 is 2.62 bits per heavy atom. The molecule has 2 aromatic rings. The lowest BCUT2D eigenvalue weighted by Crippen LogP contribution is -2.50. The summed E-state index contributed by atoms with van der Waals surface area (Å²) in [5, 5.41) is 19.9. The molecule has 2 aromatic carbocycles. The number of unbranched alkanes of at least 4 members (excludes halogenated alkanes) is 1. The number of carboxylic acids is 1. The van der Waals surface area contributed by atoms with Crippen LogP contribution >= 0.6 is 0 Å². The van der Waals surface area contributed by atoms with Crippen LogP contribution in [0.4, 0.5) is 0 Å². The maximum Gasteiger partial charge on any atom is 0.303 e. The number of aliphatic hydroxyl groups excluding tert-OH is 1. The number of methoxy groups -OCH3 is 1. The molecule has 1 saturated heterocycles. The molecule has 37 heavy (non-hydrogen) atoms. The first-order valence-electron chi connectivity index (χ1n) is 13.3. The predicted octanol–water partition coefficient (Wildman–Crippen LogP) is 4.53. The van der Waals surface area contributed by atoms with Crippen LogP contribution < -0.4 is 4.74 Å². The van der Waals surface area contributed by atoms with Gasteiger partial charge in [0.25, 0.3) is 0 Å². The van der Waals surface area contributed by atoms with Crippen LogP contribution in [-0.2, 0) is 20.9 Å². The van der Waals surface area contributed by atoms with E-state index in [1.165, 1.54) is 0 Å². The normalized spacial score (nSPS) is 24.5. The van der Waals surface area contributed by atoms with Gasteiger partial charge in [-0.2, -0.15) is 0 Å². The van der Waals surface area contributed by atoms with Crippen molar-refractivity contribution in [2.75, 3.05) is 33.4 Å². The summed E-state index contributed by atoms with van der Waals surface area (Å²) in [6, 6.07) is 16.4. The van der Waals surface area contributed by atoms with Gasteiger partial charge in [-0.05, 0) is 48.1 Å². The van der Waals surface area contributed by atoms with Crippen LogP contribution in [0.15, 0.2) is 60.7 Å². The van der Waals surface area contributed by atoms with Crippen molar-refractivity contribution in [1.29, 1.82) is 0 Å². The summed E-state index contributed by atoms with van der Waals surface area (Å²) in [6.45, 7) is 3.50. The van der Waals surface area contributed by atoms with Gasteiger partial charge in [-0.3, -0.25) is 9.69 Å². The van der Waals surface area contributed by atoms with Crippen LogP contribution in [0.3, 0.4) is 0 Å². The van der Waals surface area contributed by atoms with Crippen molar-refractivity contribution < 1.29 is 29.2 Å². The highest BCUT2D eigenvalue weighted by molar-refractivity contribution is 5.66. The third-order valence-electron chi connectivity index (χ3n) is 7.41. The number of rotatable bonds is 12. The zero-order chi connectivity index (χ0) is 26.0. The molecular weight excluding hydrogens is 470 g/mol. The fraction of sp³-hybridized carbons (Fsp3) is 0.500. The number of allylic oxidation sites excluding steroid dienone is 2. The first kappa shape index (κ1) is 27.3. The molecule has 7 nitrogen and oxygen atoms in total. The Labute approximate surface area is 219 Å². The number of morpholine rings is 1. The Hall–Kier alpha value is -2.71. The van der Waals surface area contributed by atoms with Crippen molar-refractivity contribution in [3.63, 3.8) is 0 Å². The lowest BCUT2D eigenvalue weighted by atomic mass is 9.94. The van der Waals surface area contributed by atoms with Gasteiger partial charge in [-0.25, -0.2) is 0 Å². The smallest absolute Gasteiger partial charge is 0.303 e. The molecule has 1 heterocycles. The van der Waals surface area contributed by atoms with Crippen molar-refractivity contribution in [3.05, 3.63) is 66.2 Å². The Bertz CT molecular complexity index is 1020. The first-order chi connectivity index (χ1) is 18.0. The number of carbonyl (C=O) groups is 1. The monoisotopic (exact) mass is 509 g/mol. The Balaban J connectivity index is 1.39. The summed E-state index contributed by atoms with van der Waals surface area (Å²) in [5.41, 5.74) is 3.32. The number of aliphatic hydroxyl groups is 1. The SMILES string of the molecule is COc1cccc(-c2ccc(CO[C@H]3C[C@H](O)[C@H](N4CCOCC4)[C@H]3C/C=C\CCCC(=O)O)cc2)c1. The third-order valence-corrected chi connectivity index (χ3v) is 7.41. The fourth-order valence-electron chi connectivity index (χ4n) is 5.47. The topological polar surface area (TPSA) is 88.5 Å². The highest BCUT2D eigenvalue weighted by Gasteiger charge is 2.45. The summed E-state index contributed by atoms with van der Waals surface area (Å²) in [5.74, 6) is 0.242. The second-order valence-electron chi connectivity index (χ2n) is 9.88. The number of nitrogens with zero attached hydrogens (tertiary/aromatic N) is 1. The van der Waals surface area contributed by atoms with Crippen LogP contribution in [0.25, 0.3) is 11.1 Å². The molecule has 4 atom stereocenters. The largest absolute Gasteiger partial charge is 0.497 e. The number of aliphatic carboxylic acids is 1. The molecule has 0 radical (unpaired) electrons. The second-order valence-corrected chi connectivity index (χ2v) is 9.88. The molecule has 2 aliphatic rings. The zero-order valence-corrected chi connectivity index (χ0v) is 21.6. The van der Waals surface area contributed by atoms with Gasteiger partial charge in [-0.15, -0.1) is 0 Å². The number of benzene rings is 2. The number of hydrogen-bond acceptors (Lipinski definition) is 6. The summed E-state index contributed by atoms with van der Waals surface area (Å²) >= 11 is 0. The minimum atomic E-state index is -0.760. The lowest BCUT2D eigenvalue weighted by molar-refractivity contribution is -0.137. The van der Waals surface area contributed by atoms with Gasteiger partial charge in [0.15, 0.2) is 0 Å². The Kier molecular flexibility index (Phi) is 10.1. The molecule has 4 rings (SSSR count). The van der Waals surface area contributed by atoms with E-state index in [-0.39, 0.29) is 24.5 Å². The Morgan fingerprint density at radius 2 is 1.89 bits per heavy atom. The van der Waals surface area contributed by atoms with E-state index in [9.17, 15) is 9.90 Å². The van der Waals surface area contributed by atoms with E-state index in [0.29, 0.717) is 32.7 Å². The Morgan fingerprint density at radius 1 is 1.11 bits per heavy atom. The fourth-order valence-corrected chi connectivity index (χ4v) is 5.47. The molecule has 0 unspecified atom stereocenters. The lowest BCUT2D eigenvalue weighted by Gasteiger charge is -2.37. The van der Waals surface area contributed by atoms with Gasteiger partial charge in [-0.1, -0.05) is 48.6 Å². The van der Waals surface area contributed by atoms with E-state index in [4.69, 9.17) is 19.3 Å². The van der Waals surface area contributed by atoms with Gasteiger partial charge in [0.2, 0.25) is 0 Å².